The third-order valence-corrected chi connectivity index (χ3v) is 1.56. The van der Waals surface area contributed by atoms with Crippen molar-refractivity contribution in [2.24, 2.45) is 4.99 Å². The summed E-state index contributed by atoms with van der Waals surface area (Å²) >= 11 is 0. The van der Waals surface area contributed by atoms with E-state index in [0.29, 0.717) is 0 Å². The SMILES string of the molecule is CCCCN1C=NCC1. The van der Waals surface area contributed by atoms with Crippen LogP contribution in [0.25, 0.3) is 0 Å². The maximum absolute atomic E-state index is 4.12. The molecule has 2 nitrogen and oxygen atoms in total. The van der Waals surface area contributed by atoms with Gasteiger partial charge in [-0.2, -0.15) is 0 Å². The van der Waals surface area contributed by atoms with E-state index in [9.17, 15) is 0 Å². The molecule has 0 spiro atoms. The maximum atomic E-state index is 4.12. The second-order valence-corrected chi connectivity index (χ2v) is 2.41. The Balaban J connectivity index is 2.05. The summed E-state index contributed by atoms with van der Waals surface area (Å²) in [6.45, 7) is 5.55. The number of aliphatic imine (C=N–C) groups is 1. The molecule has 0 aromatic heterocycles. The van der Waals surface area contributed by atoms with Gasteiger partial charge in [-0.3, -0.25) is 4.99 Å². The fourth-order valence-electron chi connectivity index (χ4n) is 0.948. The minimum atomic E-state index is 1.00. The molecule has 1 aliphatic rings. The van der Waals surface area contributed by atoms with Gasteiger partial charge in [-0.05, 0) is 6.42 Å². The summed E-state index contributed by atoms with van der Waals surface area (Å²) < 4.78 is 0. The standard InChI is InChI=1S/C7H14N2/c1-2-3-5-9-6-4-8-7-9/h7H,2-6H2,1H3. The van der Waals surface area contributed by atoms with E-state index < -0.39 is 0 Å². The highest BCUT2D eigenvalue weighted by Crippen LogP contribution is 1.96. The molecule has 52 valence electrons. The number of hydrogen-bond donors (Lipinski definition) is 0. The van der Waals surface area contributed by atoms with Gasteiger partial charge in [0.05, 0.1) is 12.9 Å². The Morgan fingerprint density at radius 1 is 1.67 bits per heavy atom. The lowest BCUT2D eigenvalue weighted by molar-refractivity contribution is 0.452. The van der Waals surface area contributed by atoms with E-state index in [-0.39, 0.29) is 0 Å². The van der Waals surface area contributed by atoms with Crippen LogP contribution >= 0.6 is 0 Å². The highest BCUT2D eigenvalue weighted by Gasteiger charge is 2.01. The first-order chi connectivity index (χ1) is 4.43. The summed E-state index contributed by atoms with van der Waals surface area (Å²) in [6.07, 6.45) is 4.55. The van der Waals surface area contributed by atoms with Crippen LogP contribution in [0.4, 0.5) is 0 Å². The molecule has 0 bridgehead atoms. The van der Waals surface area contributed by atoms with Crippen LogP contribution in [0.5, 0.6) is 0 Å². The van der Waals surface area contributed by atoms with Crippen molar-refractivity contribution in [2.75, 3.05) is 19.6 Å². The quantitative estimate of drug-likeness (QED) is 0.553. The van der Waals surface area contributed by atoms with E-state index in [1.807, 2.05) is 6.34 Å². The van der Waals surface area contributed by atoms with Crippen LogP contribution in [0.15, 0.2) is 4.99 Å². The summed E-state index contributed by atoms with van der Waals surface area (Å²) in [5.41, 5.74) is 0. The van der Waals surface area contributed by atoms with Gasteiger partial charge in [-0.25, -0.2) is 0 Å². The number of unbranched alkanes of at least 4 members (excludes halogenated alkanes) is 1. The van der Waals surface area contributed by atoms with E-state index in [1.165, 1.54) is 19.4 Å². The maximum Gasteiger partial charge on any atom is 0.0851 e. The van der Waals surface area contributed by atoms with Gasteiger partial charge in [0.15, 0.2) is 0 Å². The molecule has 0 fully saturated rings. The van der Waals surface area contributed by atoms with Gasteiger partial charge in [0.1, 0.15) is 0 Å². The smallest absolute Gasteiger partial charge is 0.0851 e. The van der Waals surface area contributed by atoms with Gasteiger partial charge >= 0.3 is 0 Å². The molecular formula is C7H14N2. The Morgan fingerprint density at radius 2 is 2.56 bits per heavy atom. The molecule has 0 aliphatic carbocycles. The van der Waals surface area contributed by atoms with Crippen LogP contribution in [0, 0.1) is 0 Å². The Morgan fingerprint density at radius 3 is 3.11 bits per heavy atom. The third-order valence-electron chi connectivity index (χ3n) is 1.56. The molecule has 0 atom stereocenters. The van der Waals surface area contributed by atoms with Crippen molar-refractivity contribution in [3.63, 3.8) is 0 Å². The fraction of sp³-hybridized carbons (Fsp3) is 0.857. The summed E-state index contributed by atoms with van der Waals surface area (Å²) in [4.78, 5) is 6.40. The van der Waals surface area contributed by atoms with Crippen LogP contribution in [-0.2, 0) is 0 Å². The molecule has 0 aromatic carbocycles. The minimum absolute atomic E-state index is 1.00. The van der Waals surface area contributed by atoms with Gasteiger partial charge in [0.2, 0.25) is 0 Å². The second-order valence-electron chi connectivity index (χ2n) is 2.41. The van der Waals surface area contributed by atoms with Gasteiger partial charge < -0.3 is 4.90 Å². The molecule has 1 aliphatic heterocycles. The van der Waals surface area contributed by atoms with E-state index in [2.05, 4.69) is 16.8 Å². The van der Waals surface area contributed by atoms with Crippen molar-refractivity contribution in [1.82, 2.24) is 4.90 Å². The first kappa shape index (κ1) is 6.59. The van der Waals surface area contributed by atoms with Gasteiger partial charge in [-0.15, -0.1) is 0 Å². The molecule has 0 amide bonds. The summed E-state index contributed by atoms with van der Waals surface area (Å²) in [6, 6.07) is 0. The van der Waals surface area contributed by atoms with Crippen molar-refractivity contribution < 1.29 is 0 Å². The zero-order chi connectivity index (χ0) is 6.53. The topological polar surface area (TPSA) is 15.6 Å². The molecule has 0 unspecified atom stereocenters. The Kier molecular flexibility index (Phi) is 2.55. The molecule has 0 radical (unpaired) electrons. The van der Waals surface area contributed by atoms with Crippen molar-refractivity contribution in [2.45, 2.75) is 19.8 Å². The molecule has 0 N–H and O–H groups in total. The third kappa shape index (κ3) is 2.04. The zero-order valence-electron chi connectivity index (χ0n) is 6.01. The lowest BCUT2D eigenvalue weighted by Crippen LogP contribution is -2.20. The molecule has 1 heterocycles. The van der Waals surface area contributed by atoms with Crippen molar-refractivity contribution in [1.29, 1.82) is 0 Å². The molecule has 2 heteroatoms. The van der Waals surface area contributed by atoms with Crippen LogP contribution < -0.4 is 0 Å². The van der Waals surface area contributed by atoms with Crippen LogP contribution in [-0.4, -0.2) is 30.9 Å². The lowest BCUT2D eigenvalue weighted by Gasteiger charge is -2.11. The first-order valence-corrected chi connectivity index (χ1v) is 3.67. The average molecular weight is 126 g/mol. The molecular weight excluding hydrogens is 112 g/mol. The van der Waals surface area contributed by atoms with Crippen molar-refractivity contribution >= 4 is 6.34 Å². The predicted molar refractivity (Wildman–Crippen MR) is 39.8 cm³/mol. The summed E-state index contributed by atoms with van der Waals surface area (Å²) in [5, 5.41) is 0. The fourth-order valence-corrected chi connectivity index (χ4v) is 0.948. The molecule has 9 heavy (non-hydrogen) atoms. The molecule has 0 saturated carbocycles. The van der Waals surface area contributed by atoms with Crippen molar-refractivity contribution in [3.05, 3.63) is 0 Å². The zero-order valence-corrected chi connectivity index (χ0v) is 6.01. The second kappa shape index (κ2) is 3.49. The Bertz CT molecular complexity index is 99.1. The Labute approximate surface area is 56.6 Å². The monoisotopic (exact) mass is 126 g/mol. The minimum Gasteiger partial charge on any atom is -0.361 e. The average Bonchev–Trinajstić information content (AvgIpc) is 2.34. The largest absolute Gasteiger partial charge is 0.361 e. The number of hydrogen-bond acceptors (Lipinski definition) is 2. The normalized spacial score (nSPS) is 17.2. The highest BCUT2D eigenvalue weighted by molar-refractivity contribution is 5.56. The van der Waals surface area contributed by atoms with Gasteiger partial charge in [-0.1, -0.05) is 13.3 Å². The molecule has 0 aromatic rings. The summed E-state index contributed by atoms with van der Waals surface area (Å²) in [5.74, 6) is 0. The summed E-state index contributed by atoms with van der Waals surface area (Å²) in [7, 11) is 0. The van der Waals surface area contributed by atoms with Crippen LogP contribution in [0.1, 0.15) is 19.8 Å². The Hall–Kier alpha value is -0.530. The molecule has 1 rings (SSSR count). The molecule has 0 saturated heterocycles. The number of nitrogens with zero attached hydrogens (tertiary/aromatic N) is 2. The predicted octanol–water partition coefficient (Wildman–Crippen LogP) is 1.13. The van der Waals surface area contributed by atoms with Crippen molar-refractivity contribution in [3.8, 4) is 0 Å². The van der Waals surface area contributed by atoms with E-state index >= 15 is 0 Å². The van der Waals surface area contributed by atoms with E-state index in [4.69, 9.17) is 0 Å². The van der Waals surface area contributed by atoms with Crippen LogP contribution in [0.2, 0.25) is 0 Å². The lowest BCUT2D eigenvalue weighted by atomic mass is 10.3. The van der Waals surface area contributed by atoms with Crippen LogP contribution in [0.3, 0.4) is 0 Å². The first-order valence-electron chi connectivity index (χ1n) is 3.67. The van der Waals surface area contributed by atoms with Gasteiger partial charge in [0, 0.05) is 13.1 Å². The number of rotatable bonds is 3. The van der Waals surface area contributed by atoms with Gasteiger partial charge in [0.25, 0.3) is 0 Å². The van der Waals surface area contributed by atoms with E-state index in [1.54, 1.807) is 0 Å². The highest BCUT2D eigenvalue weighted by atomic mass is 15.2. The van der Waals surface area contributed by atoms with E-state index in [0.717, 1.165) is 13.1 Å².